The Bertz CT molecular complexity index is 912. The smallest absolute Gasteiger partial charge is 0.235 e. The lowest BCUT2D eigenvalue weighted by Crippen LogP contribution is -2.02. The summed E-state index contributed by atoms with van der Waals surface area (Å²) in [7, 11) is 0. The van der Waals surface area contributed by atoms with Crippen LogP contribution in [0.15, 0.2) is 45.6 Å². The van der Waals surface area contributed by atoms with E-state index in [0.717, 1.165) is 6.07 Å². The van der Waals surface area contributed by atoms with Gasteiger partial charge in [-0.15, -0.1) is 0 Å². The Morgan fingerprint density at radius 1 is 0.864 bits per heavy atom. The molecule has 3 rings (SSSR count). The largest absolute Gasteiger partial charge is 0.508 e. The van der Waals surface area contributed by atoms with Crippen LogP contribution in [0.3, 0.4) is 0 Å². The summed E-state index contributed by atoms with van der Waals surface area (Å²) in [6, 6.07) is 7.64. The Hall–Kier alpha value is -3.19. The fourth-order valence-electron chi connectivity index (χ4n) is 2.03. The van der Waals surface area contributed by atoms with Gasteiger partial charge in [0.2, 0.25) is 11.2 Å². The maximum Gasteiger partial charge on any atom is 0.235 e. The average molecular weight is 304 g/mol. The van der Waals surface area contributed by atoms with Gasteiger partial charge in [-0.3, -0.25) is 4.79 Å². The first-order valence-corrected chi connectivity index (χ1v) is 5.98. The minimum absolute atomic E-state index is 0. The lowest BCUT2D eigenvalue weighted by Gasteiger charge is -2.07. The van der Waals surface area contributed by atoms with E-state index in [0.29, 0.717) is 0 Å². The van der Waals surface area contributed by atoms with Crippen LogP contribution >= 0.6 is 0 Å². The van der Waals surface area contributed by atoms with Gasteiger partial charge in [0, 0.05) is 11.6 Å². The van der Waals surface area contributed by atoms with E-state index in [1.165, 1.54) is 30.3 Å². The molecule has 6 N–H and O–H groups in total. The summed E-state index contributed by atoms with van der Waals surface area (Å²) in [5, 5.41) is 38.3. The van der Waals surface area contributed by atoms with E-state index >= 15 is 0 Å². The molecule has 0 saturated carbocycles. The number of rotatable bonds is 1. The highest BCUT2D eigenvalue weighted by Gasteiger charge is 2.16. The predicted molar refractivity (Wildman–Crippen MR) is 78.2 cm³/mol. The Balaban J connectivity index is 0.00000176. The van der Waals surface area contributed by atoms with Crippen molar-refractivity contribution in [2.75, 3.05) is 0 Å². The van der Waals surface area contributed by atoms with E-state index in [2.05, 4.69) is 0 Å². The van der Waals surface area contributed by atoms with Crippen molar-refractivity contribution in [2.45, 2.75) is 0 Å². The van der Waals surface area contributed by atoms with Crippen molar-refractivity contribution in [1.82, 2.24) is 0 Å². The second-order valence-corrected chi connectivity index (χ2v) is 4.49. The Morgan fingerprint density at radius 2 is 1.59 bits per heavy atom. The monoisotopic (exact) mass is 304 g/mol. The summed E-state index contributed by atoms with van der Waals surface area (Å²) in [5.41, 5.74) is -0.343. The van der Waals surface area contributed by atoms with E-state index in [4.69, 9.17) is 4.42 Å². The Kier molecular flexibility index (Phi) is 3.66. The van der Waals surface area contributed by atoms with Crippen molar-refractivity contribution in [1.29, 1.82) is 0 Å². The molecule has 22 heavy (non-hydrogen) atoms. The lowest BCUT2D eigenvalue weighted by molar-refractivity contribution is 0.403. The summed E-state index contributed by atoms with van der Waals surface area (Å²) < 4.78 is 5.43. The molecule has 0 fully saturated rings. The maximum atomic E-state index is 12.1. The van der Waals surface area contributed by atoms with E-state index in [1.807, 2.05) is 0 Å². The van der Waals surface area contributed by atoms with E-state index < -0.39 is 16.9 Å². The summed E-state index contributed by atoms with van der Waals surface area (Å²) >= 11 is 0. The number of fused-ring (bicyclic) bond motifs is 1. The molecule has 1 aromatic heterocycles. The fourth-order valence-corrected chi connectivity index (χ4v) is 2.03. The molecule has 7 heteroatoms. The number of phenolic OH excluding ortho intramolecular Hbond substituents is 3. The summed E-state index contributed by atoms with van der Waals surface area (Å²) in [6.07, 6.45) is 0. The molecule has 3 aromatic rings. The average Bonchev–Trinajstić information content (AvgIpc) is 2.45. The normalized spacial score (nSPS) is 10.4. The maximum absolute atomic E-state index is 12.1. The topological polar surface area (TPSA) is 143 Å². The quantitative estimate of drug-likeness (QED) is 0.501. The van der Waals surface area contributed by atoms with E-state index in [-0.39, 0.29) is 39.3 Å². The van der Waals surface area contributed by atoms with Crippen molar-refractivity contribution in [3.63, 3.8) is 0 Å². The Morgan fingerprint density at radius 3 is 2.27 bits per heavy atom. The number of aromatic hydroxyl groups is 4. The molecule has 0 aliphatic heterocycles. The van der Waals surface area contributed by atoms with Crippen molar-refractivity contribution in [3.8, 4) is 34.3 Å². The summed E-state index contributed by atoms with van der Waals surface area (Å²) in [6.45, 7) is 0. The van der Waals surface area contributed by atoms with Gasteiger partial charge in [0.25, 0.3) is 0 Å². The highest BCUT2D eigenvalue weighted by molar-refractivity contribution is 5.83. The second kappa shape index (κ2) is 5.30. The van der Waals surface area contributed by atoms with Gasteiger partial charge in [-0.2, -0.15) is 0 Å². The third-order valence-corrected chi connectivity index (χ3v) is 3.09. The molecule has 0 bridgehead atoms. The lowest BCUT2D eigenvalue weighted by atomic mass is 10.1. The zero-order valence-corrected chi connectivity index (χ0v) is 11.1. The minimum atomic E-state index is -0.654. The first kappa shape index (κ1) is 15.2. The molecular formula is C15H12O7. The van der Waals surface area contributed by atoms with Gasteiger partial charge in [-0.1, -0.05) is 0 Å². The van der Waals surface area contributed by atoms with Crippen LogP contribution < -0.4 is 5.43 Å². The third-order valence-electron chi connectivity index (χ3n) is 3.09. The second-order valence-electron chi connectivity index (χ2n) is 4.49. The van der Waals surface area contributed by atoms with E-state index in [1.54, 1.807) is 0 Å². The standard InChI is InChI=1S/C15H10O6.H2O/c16-8-2-3-9-12(6-8)21-15(14(20)13(9)19)7-1-4-10(17)11(18)5-7;/h1-6,16-18,20H;1H2. The van der Waals surface area contributed by atoms with Gasteiger partial charge in [0.15, 0.2) is 17.3 Å². The van der Waals surface area contributed by atoms with Crippen molar-refractivity contribution in [2.24, 2.45) is 0 Å². The van der Waals surface area contributed by atoms with Gasteiger partial charge < -0.3 is 30.3 Å². The molecule has 0 radical (unpaired) electrons. The molecule has 0 unspecified atom stereocenters. The fraction of sp³-hybridized carbons (Fsp3) is 0. The van der Waals surface area contributed by atoms with Crippen LogP contribution in [-0.2, 0) is 0 Å². The van der Waals surface area contributed by atoms with Crippen LogP contribution in [0.2, 0.25) is 0 Å². The highest BCUT2D eigenvalue weighted by atomic mass is 16.4. The molecule has 0 aliphatic rings. The van der Waals surface area contributed by atoms with Gasteiger partial charge >= 0.3 is 0 Å². The number of hydrogen-bond acceptors (Lipinski definition) is 6. The summed E-state index contributed by atoms with van der Waals surface area (Å²) in [4.78, 5) is 12.1. The molecule has 0 atom stereocenters. The van der Waals surface area contributed by atoms with Crippen LogP contribution in [0, 0.1) is 0 Å². The minimum Gasteiger partial charge on any atom is -0.508 e. The van der Waals surface area contributed by atoms with Crippen molar-refractivity contribution < 1.29 is 30.3 Å². The molecule has 1 heterocycles. The van der Waals surface area contributed by atoms with Crippen molar-refractivity contribution in [3.05, 3.63) is 46.6 Å². The zero-order valence-electron chi connectivity index (χ0n) is 11.1. The highest BCUT2D eigenvalue weighted by Crippen LogP contribution is 2.35. The SMILES string of the molecule is O.O=c1c(O)c(-c2ccc(O)c(O)c2)oc2cc(O)ccc12. The third kappa shape index (κ3) is 2.29. The van der Waals surface area contributed by atoms with Crippen LogP contribution in [0.5, 0.6) is 23.0 Å². The van der Waals surface area contributed by atoms with Gasteiger partial charge in [0.05, 0.1) is 5.39 Å². The number of benzene rings is 2. The first-order valence-electron chi connectivity index (χ1n) is 5.98. The first-order chi connectivity index (χ1) is 9.97. The molecule has 0 saturated heterocycles. The molecule has 0 amide bonds. The zero-order chi connectivity index (χ0) is 15.1. The number of hydrogen-bond donors (Lipinski definition) is 4. The number of phenols is 3. The van der Waals surface area contributed by atoms with Crippen LogP contribution in [0.4, 0.5) is 0 Å². The van der Waals surface area contributed by atoms with Gasteiger partial charge in [-0.25, -0.2) is 0 Å². The van der Waals surface area contributed by atoms with Gasteiger partial charge in [0.1, 0.15) is 11.3 Å². The van der Waals surface area contributed by atoms with Crippen LogP contribution in [0.1, 0.15) is 0 Å². The van der Waals surface area contributed by atoms with Gasteiger partial charge in [-0.05, 0) is 30.3 Å². The summed E-state index contributed by atoms with van der Waals surface area (Å²) in [5.74, 6) is -1.60. The van der Waals surface area contributed by atoms with Crippen LogP contribution in [0.25, 0.3) is 22.3 Å². The molecule has 114 valence electrons. The van der Waals surface area contributed by atoms with Crippen molar-refractivity contribution >= 4 is 11.0 Å². The molecular weight excluding hydrogens is 292 g/mol. The molecule has 0 aliphatic carbocycles. The molecule has 0 spiro atoms. The predicted octanol–water partition coefficient (Wildman–Crippen LogP) is 1.46. The Labute approximate surface area is 123 Å². The van der Waals surface area contributed by atoms with E-state index in [9.17, 15) is 25.2 Å². The molecule has 2 aromatic carbocycles. The van der Waals surface area contributed by atoms with Crippen LogP contribution in [-0.4, -0.2) is 25.9 Å². The molecule has 7 nitrogen and oxygen atoms in total.